The van der Waals surface area contributed by atoms with Gasteiger partial charge in [0.25, 0.3) is 0 Å². The third-order valence-electron chi connectivity index (χ3n) is 3.00. The standard InChI is InChI=1S/C14H22O4/c1-10-8-11(2)14(16)12(17-3)6-4-5-7-13(15)18-9-10/h4,6,8,11-12,14,16H,5,7,9H2,1-3H3/t11-,12+,14+/m1/s1. The molecule has 0 aromatic rings. The summed E-state index contributed by atoms with van der Waals surface area (Å²) in [6, 6.07) is 0. The molecule has 4 heteroatoms. The van der Waals surface area contributed by atoms with Crippen molar-refractivity contribution in [3.8, 4) is 0 Å². The highest BCUT2D eigenvalue weighted by Crippen LogP contribution is 2.16. The van der Waals surface area contributed by atoms with Crippen molar-refractivity contribution in [1.29, 1.82) is 0 Å². The van der Waals surface area contributed by atoms with Gasteiger partial charge in [-0.15, -0.1) is 0 Å². The van der Waals surface area contributed by atoms with E-state index in [9.17, 15) is 9.90 Å². The molecule has 0 radical (unpaired) electrons. The molecule has 0 saturated heterocycles. The van der Waals surface area contributed by atoms with Gasteiger partial charge >= 0.3 is 5.97 Å². The second kappa shape index (κ2) is 7.34. The predicted octanol–water partition coefficient (Wildman–Crippen LogP) is 1.84. The maximum absolute atomic E-state index is 11.4. The molecule has 1 heterocycles. The number of carbonyl (C=O) groups is 1. The number of ether oxygens (including phenoxy) is 2. The molecule has 18 heavy (non-hydrogen) atoms. The minimum atomic E-state index is -0.601. The first-order valence-electron chi connectivity index (χ1n) is 6.25. The molecular weight excluding hydrogens is 232 g/mol. The quantitative estimate of drug-likeness (QED) is 0.573. The molecule has 3 atom stereocenters. The summed E-state index contributed by atoms with van der Waals surface area (Å²) in [7, 11) is 1.57. The van der Waals surface area contributed by atoms with Crippen LogP contribution in [0.5, 0.6) is 0 Å². The highest BCUT2D eigenvalue weighted by molar-refractivity contribution is 5.69. The van der Waals surface area contributed by atoms with Crippen LogP contribution in [0.15, 0.2) is 23.8 Å². The number of cyclic esters (lactones) is 1. The molecule has 0 aliphatic carbocycles. The first kappa shape index (κ1) is 14.9. The van der Waals surface area contributed by atoms with Crippen molar-refractivity contribution < 1.29 is 19.4 Å². The van der Waals surface area contributed by atoms with Gasteiger partial charge < -0.3 is 14.6 Å². The fourth-order valence-corrected chi connectivity index (χ4v) is 1.92. The van der Waals surface area contributed by atoms with Gasteiger partial charge in [0.2, 0.25) is 0 Å². The first-order valence-corrected chi connectivity index (χ1v) is 6.25. The van der Waals surface area contributed by atoms with Crippen molar-refractivity contribution >= 4 is 5.97 Å². The van der Waals surface area contributed by atoms with Gasteiger partial charge in [-0.1, -0.05) is 25.2 Å². The summed E-state index contributed by atoms with van der Waals surface area (Å²) in [5.74, 6) is -0.257. The Labute approximate surface area is 108 Å². The number of aliphatic hydroxyl groups excluding tert-OH is 1. The van der Waals surface area contributed by atoms with Gasteiger partial charge in [-0.3, -0.25) is 4.79 Å². The summed E-state index contributed by atoms with van der Waals surface area (Å²) in [6.07, 6.45) is 5.58. The topological polar surface area (TPSA) is 55.8 Å². The molecule has 0 fully saturated rings. The van der Waals surface area contributed by atoms with E-state index in [4.69, 9.17) is 9.47 Å². The van der Waals surface area contributed by atoms with E-state index in [1.54, 1.807) is 13.2 Å². The molecule has 0 unspecified atom stereocenters. The number of aliphatic hydroxyl groups is 1. The lowest BCUT2D eigenvalue weighted by Gasteiger charge is -2.23. The Kier molecular flexibility index (Phi) is 6.09. The van der Waals surface area contributed by atoms with Crippen LogP contribution >= 0.6 is 0 Å². The van der Waals surface area contributed by atoms with Gasteiger partial charge in [0.05, 0.1) is 6.10 Å². The Morgan fingerprint density at radius 1 is 1.50 bits per heavy atom. The molecule has 4 nitrogen and oxygen atoms in total. The molecule has 1 N–H and O–H groups in total. The van der Waals surface area contributed by atoms with Crippen LogP contribution in [-0.2, 0) is 14.3 Å². The highest BCUT2D eigenvalue weighted by Gasteiger charge is 2.21. The van der Waals surface area contributed by atoms with E-state index in [0.717, 1.165) is 5.57 Å². The van der Waals surface area contributed by atoms with E-state index in [-0.39, 0.29) is 24.6 Å². The van der Waals surface area contributed by atoms with Crippen LogP contribution in [0.1, 0.15) is 26.7 Å². The molecule has 0 aromatic carbocycles. The zero-order valence-electron chi connectivity index (χ0n) is 11.3. The van der Waals surface area contributed by atoms with E-state index in [1.165, 1.54) is 0 Å². The van der Waals surface area contributed by atoms with Gasteiger partial charge in [-0.2, -0.15) is 0 Å². The minimum Gasteiger partial charge on any atom is -0.461 e. The van der Waals surface area contributed by atoms with E-state index in [0.29, 0.717) is 12.8 Å². The van der Waals surface area contributed by atoms with Crippen molar-refractivity contribution in [1.82, 2.24) is 0 Å². The fraction of sp³-hybridized carbons (Fsp3) is 0.643. The second-order valence-electron chi connectivity index (χ2n) is 4.69. The average Bonchev–Trinajstić information content (AvgIpc) is 2.34. The van der Waals surface area contributed by atoms with Crippen molar-refractivity contribution in [2.24, 2.45) is 5.92 Å². The molecule has 0 amide bonds. The summed E-state index contributed by atoms with van der Waals surface area (Å²) in [5, 5.41) is 10.2. The maximum Gasteiger partial charge on any atom is 0.306 e. The predicted molar refractivity (Wildman–Crippen MR) is 69.1 cm³/mol. The highest BCUT2D eigenvalue weighted by atomic mass is 16.5. The molecular formula is C14H22O4. The first-order chi connectivity index (χ1) is 8.54. The molecule has 1 aliphatic heterocycles. The van der Waals surface area contributed by atoms with E-state index in [2.05, 4.69) is 0 Å². The normalized spacial score (nSPS) is 31.0. The van der Waals surface area contributed by atoms with E-state index >= 15 is 0 Å². The lowest BCUT2D eigenvalue weighted by molar-refractivity contribution is -0.142. The Morgan fingerprint density at radius 2 is 2.22 bits per heavy atom. The van der Waals surface area contributed by atoms with Crippen molar-refractivity contribution in [3.63, 3.8) is 0 Å². The molecule has 1 aliphatic rings. The number of methoxy groups -OCH3 is 1. The number of hydrogen-bond acceptors (Lipinski definition) is 4. The summed E-state index contributed by atoms with van der Waals surface area (Å²) >= 11 is 0. The molecule has 0 spiro atoms. The van der Waals surface area contributed by atoms with Gasteiger partial charge in [0, 0.05) is 19.4 Å². The summed E-state index contributed by atoms with van der Waals surface area (Å²) in [5.41, 5.74) is 0.939. The molecule has 1 rings (SSSR count). The Hall–Kier alpha value is -1.13. The van der Waals surface area contributed by atoms with Gasteiger partial charge in [0.15, 0.2) is 0 Å². The third kappa shape index (κ3) is 4.63. The van der Waals surface area contributed by atoms with Crippen LogP contribution in [0.4, 0.5) is 0 Å². The number of rotatable bonds is 1. The van der Waals surface area contributed by atoms with Crippen LogP contribution in [-0.4, -0.2) is 37.0 Å². The van der Waals surface area contributed by atoms with Crippen molar-refractivity contribution in [2.45, 2.75) is 38.9 Å². The van der Waals surface area contributed by atoms with E-state index in [1.807, 2.05) is 26.0 Å². The zero-order chi connectivity index (χ0) is 13.5. The Bertz CT molecular complexity index is 333. The smallest absolute Gasteiger partial charge is 0.306 e. The zero-order valence-corrected chi connectivity index (χ0v) is 11.3. The van der Waals surface area contributed by atoms with Gasteiger partial charge in [-0.25, -0.2) is 0 Å². The third-order valence-corrected chi connectivity index (χ3v) is 3.00. The summed E-state index contributed by atoms with van der Waals surface area (Å²) < 4.78 is 10.4. The van der Waals surface area contributed by atoms with Crippen LogP contribution in [0.3, 0.4) is 0 Å². The van der Waals surface area contributed by atoms with Crippen LogP contribution in [0.25, 0.3) is 0 Å². The average molecular weight is 254 g/mol. The van der Waals surface area contributed by atoms with Gasteiger partial charge in [0.1, 0.15) is 12.7 Å². The summed E-state index contributed by atoms with van der Waals surface area (Å²) in [6.45, 7) is 4.10. The number of carbonyl (C=O) groups excluding carboxylic acids is 1. The lowest BCUT2D eigenvalue weighted by Crippen LogP contribution is -2.31. The van der Waals surface area contributed by atoms with Gasteiger partial charge in [-0.05, 0) is 18.9 Å². The lowest BCUT2D eigenvalue weighted by atomic mass is 9.96. The Morgan fingerprint density at radius 3 is 2.89 bits per heavy atom. The van der Waals surface area contributed by atoms with E-state index < -0.39 is 6.10 Å². The van der Waals surface area contributed by atoms with Crippen molar-refractivity contribution in [2.75, 3.05) is 13.7 Å². The van der Waals surface area contributed by atoms with Crippen LogP contribution < -0.4 is 0 Å². The van der Waals surface area contributed by atoms with Crippen LogP contribution in [0, 0.1) is 5.92 Å². The summed E-state index contributed by atoms with van der Waals surface area (Å²) in [4.78, 5) is 11.4. The van der Waals surface area contributed by atoms with Crippen molar-refractivity contribution in [3.05, 3.63) is 23.8 Å². The fourth-order valence-electron chi connectivity index (χ4n) is 1.92. The molecule has 102 valence electrons. The molecule has 0 bridgehead atoms. The molecule has 0 aromatic heterocycles. The number of esters is 1. The monoisotopic (exact) mass is 254 g/mol. The Balaban J connectivity index is 2.83. The van der Waals surface area contributed by atoms with Crippen LogP contribution in [0.2, 0.25) is 0 Å². The number of allylic oxidation sites excluding steroid dienone is 1. The molecule has 0 saturated carbocycles. The SMILES string of the molecule is CO[C@H]1C=CCCC(=O)OCC(C)=C[C@@H](C)[C@@H]1O. The second-order valence-corrected chi connectivity index (χ2v) is 4.69. The maximum atomic E-state index is 11.4. The number of hydrogen-bond donors (Lipinski definition) is 1. The largest absolute Gasteiger partial charge is 0.461 e. The minimum absolute atomic E-state index is 0.0577.